The van der Waals surface area contributed by atoms with E-state index in [0.717, 1.165) is 25.9 Å². The summed E-state index contributed by atoms with van der Waals surface area (Å²) in [5.74, 6) is 0.314. The monoisotopic (exact) mass is 518 g/mol. The number of terminal acetylenes is 1. The van der Waals surface area contributed by atoms with E-state index in [9.17, 15) is 23.1 Å². The maximum Gasteiger partial charge on any atom is 0.280 e. The molecule has 4 nitrogen and oxygen atoms in total. The molecular formula is C27H46F3N2O2P. The van der Waals surface area contributed by atoms with Crippen molar-refractivity contribution in [1.29, 1.82) is 0 Å². The quantitative estimate of drug-likeness (QED) is 0.221. The van der Waals surface area contributed by atoms with Gasteiger partial charge in [0, 0.05) is 25.6 Å². The molecule has 0 spiro atoms. The summed E-state index contributed by atoms with van der Waals surface area (Å²) >= 11 is 0. The molecule has 1 heterocycles. The molecule has 3 atom stereocenters. The lowest BCUT2D eigenvalue weighted by Crippen LogP contribution is -2.38. The van der Waals surface area contributed by atoms with E-state index in [1.165, 1.54) is 22.2 Å². The first-order valence-electron chi connectivity index (χ1n) is 12.7. The molecule has 1 saturated carbocycles. The van der Waals surface area contributed by atoms with E-state index in [1.807, 2.05) is 19.9 Å². The fourth-order valence-electron chi connectivity index (χ4n) is 4.24. The van der Waals surface area contributed by atoms with E-state index >= 15 is 0 Å². The highest BCUT2D eigenvalue weighted by Gasteiger charge is 2.33. The Morgan fingerprint density at radius 1 is 1.29 bits per heavy atom. The molecule has 2 rings (SSSR count). The van der Waals surface area contributed by atoms with Gasteiger partial charge in [0.1, 0.15) is 5.67 Å². The Labute approximate surface area is 213 Å². The van der Waals surface area contributed by atoms with Crippen molar-refractivity contribution in [3.63, 3.8) is 0 Å². The minimum Gasteiger partial charge on any atom is -0.392 e. The van der Waals surface area contributed by atoms with Gasteiger partial charge in [-0.15, -0.1) is 12.8 Å². The number of alkyl halides is 3. The number of likely N-dealkylation sites (tertiary alicyclic amines) is 1. The number of aliphatic hydroxyl groups excluding tert-OH is 1. The zero-order chi connectivity index (χ0) is 27.1. The van der Waals surface area contributed by atoms with Crippen LogP contribution in [0.25, 0.3) is 0 Å². The van der Waals surface area contributed by atoms with Gasteiger partial charge in [-0.05, 0) is 76.8 Å². The summed E-state index contributed by atoms with van der Waals surface area (Å²) in [4.78, 5) is 14.4. The summed E-state index contributed by atoms with van der Waals surface area (Å²) in [6, 6.07) is 0. The molecule has 2 N–H and O–H groups in total. The van der Waals surface area contributed by atoms with Crippen molar-refractivity contribution < 1.29 is 23.1 Å². The van der Waals surface area contributed by atoms with Crippen LogP contribution in [0.4, 0.5) is 13.2 Å². The molecule has 2 aliphatic rings. The van der Waals surface area contributed by atoms with Crippen molar-refractivity contribution in [3.05, 3.63) is 23.8 Å². The number of rotatable bonds is 10. The summed E-state index contributed by atoms with van der Waals surface area (Å²) in [6.45, 7) is 9.78. The van der Waals surface area contributed by atoms with E-state index in [1.54, 1.807) is 13.0 Å². The van der Waals surface area contributed by atoms with Gasteiger partial charge in [0.15, 0.2) is 0 Å². The third-order valence-electron chi connectivity index (χ3n) is 6.49. The Balaban J connectivity index is 0.00000274. The lowest BCUT2D eigenvalue weighted by atomic mass is 9.80. The van der Waals surface area contributed by atoms with Crippen LogP contribution >= 0.6 is 9.24 Å². The number of aliphatic hydroxyl groups is 1. The number of halogens is 3. The average Bonchev–Trinajstić information content (AvgIpc) is 3.25. The van der Waals surface area contributed by atoms with Crippen LogP contribution < -0.4 is 5.32 Å². The van der Waals surface area contributed by atoms with Gasteiger partial charge in [-0.2, -0.15) is 8.78 Å². The predicted octanol–water partition coefficient (Wildman–Crippen LogP) is 5.73. The van der Waals surface area contributed by atoms with Crippen LogP contribution in [0.3, 0.4) is 0 Å². The molecule has 8 heteroatoms. The number of carbonyl (C=O) groups excluding carboxylic acids is 1. The second-order valence-corrected chi connectivity index (χ2v) is 10.2. The van der Waals surface area contributed by atoms with Crippen LogP contribution in [-0.4, -0.2) is 59.5 Å². The number of allylic oxidation sites excluding steroid dienone is 4. The lowest BCUT2D eigenvalue weighted by molar-refractivity contribution is -0.126. The van der Waals surface area contributed by atoms with Crippen LogP contribution in [-0.2, 0) is 4.79 Å². The maximum absolute atomic E-state index is 13.8. The summed E-state index contributed by atoms with van der Waals surface area (Å²) in [6.07, 6.45) is 16.9. The van der Waals surface area contributed by atoms with Crippen LogP contribution in [0.15, 0.2) is 23.8 Å². The zero-order valence-corrected chi connectivity index (χ0v) is 23.1. The van der Waals surface area contributed by atoms with Crippen LogP contribution in [0.2, 0.25) is 0 Å². The van der Waals surface area contributed by atoms with E-state index < -0.39 is 17.4 Å². The summed E-state index contributed by atoms with van der Waals surface area (Å²) in [5, 5.41) is 13.2. The molecule has 1 aliphatic heterocycles. The maximum atomic E-state index is 13.8. The number of carbonyl (C=O) groups is 1. The fraction of sp³-hybridized carbons (Fsp3) is 0.741. The molecule has 0 bridgehead atoms. The van der Waals surface area contributed by atoms with E-state index in [2.05, 4.69) is 23.1 Å². The average molecular weight is 519 g/mol. The number of nitrogens with zero attached hydrogens (tertiary/aromatic N) is 1. The Morgan fingerprint density at radius 2 is 1.89 bits per heavy atom. The highest BCUT2D eigenvalue weighted by molar-refractivity contribution is 7.18. The number of hydrogen-bond donors (Lipinski definition) is 2. The lowest BCUT2D eigenvalue weighted by Gasteiger charge is -2.30. The number of nitrogens with one attached hydrogen (secondary N) is 1. The topological polar surface area (TPSA) is 52.6 Å². The van der Waals surface area contributed by atoms with E-state index in [0.29, 0.717) is 51.1 Å². The molecule has 1 amide bonds. The van der Waals surface area contributed by atoms with Crippen LogP contribution in [0.5, 0.6) is 0 Å². The first-order chi connectivity index (χ1) is 16.5. The van der Waals surface area contributed by atoms with Gasteiger partial charge >= 0.3 is 0 Å². The molecule has 0 aromatic carbocycles. The van der Waals surface area contributed by atoms with Crippen molar-refractivity contribution in [2.45, 2.75) is 90.1 Å². The predicted molar refractivity (Wildman–Crippen MR) is 143 cm³/mol. The molecule has 0 radical (unpaired) electrons. The smallest absolute Gasteiger partial charge is 0.280 e. The number of hydrogen-bond acceptors (Lipinski definition) is 3. The Hall–Kier alpha value is -1.35. The highest BCUT2D eigenvalue weighted by atomic mass is 31.0. The van der Waals surface area contributed by atoms with Crippen molar-refractivity contribution in [2.24, 2.45) is 11.8 Å². The van der Waals surface area contributed by atoms with Crippen molar-refractivity contribution >= 4 is 15.1 Å². The standard InChI is InChI=1S/C23H38F3N2O2P.C2H6.C2H2/c1-17(23(25,26)31)5-3-4-6-18-10-14-28(15-18)16-20(29)9-13-27-21(30)19-7-11-22(2,24)12-8-19;2*1-2/h3-5,18-20,29H,6-16,31H2,1-2H3,(H,27,30);1-2H3;1-2H/b4-3-,17-5+;;. The first-order valence-corrected chi connectivity index (χ1v) is 13.2. The SMILES string of the molecule is C#C.C/C(=C\C=C/CC1CCN(CC(O)CCNC(=O)C2CCC(C)(F)CC2)C1)C(F)(F)P.CC. The van der Waals surface area contributed by atoms with Crippen molar-refractivity contribution in [1.82, 2.24) is 10.2 Å². The van der Waals surface area contributed by atoms with Crippen molar-refractivity contribution in [2.75, 3.05) is 26.2 Å². The van der Waals surface area contributed by atoms with Gasteiger partial charge in [-0.25, -0.2) is 4.39 Å². The molecule has 0 aromatic rings. The van der Waals surface area contributed by atoms with Gasteiger partial charge in [0.2, 0.25) is 5.91 Å². The normalized spacial score (nSPS) is 26.3. The molecule has 35 heavy (non-hydrogen) atoms. The second-order valence-electron chi connectivity index (χ2n) is 9.47. The fourth-order valence-corrected chi connectivity index (χ4v) is 4.34. The van der Waals surface area contributed by atoms with Gasteiger partial charge in [0.25, 0.3) is 5.66 Å². The molecule has 0 aromatic heterocycles. The molecule has 1 aliphatic carbocycles. The van der Waals surface area contributed by atoms with Crippen LogP contribution in [0.1, 0.15) is 72.6 Å². The molecular weight excluding hydrogens is 472 g/mol. The van der Waals surface area contributed by atoms with Gasteiger partial charge < -0.3 is 15.3 Å². The summed E-state index contributed by atoms with van der Waals surface area (Å²) < 4.78 is 40.0. The molecule has 202 valence electrons. The summed E-state index contributed by atoms with van der Waals surface area (Å²) in [5.41, 5.74) is -3.99. The van der Waals surface area contributed by atoms with Gasteiger partial charge in [-0.1, -0.05) is 41.3 Å². The Kier molecular flexibility index (Phi) is 16.5. The zero-order valence-electron chi connectivity index (χ0n) is 21.9. The van der Waals surface area contributed by atoms with Gasteiger partial charge in [0.05, 0.1) is 6.10 Å². The van der Waals surface area contributed by atoms with E-state index in [4.69, 9.17) is 0 Å². The van der Waals surface area contributed by atoms with Crippen LogP contribution in [0, 0.1) is 24.7 Å². The minimum atomic E-state index is -2.86. The second kappa shape index (κ2) is 17.2. The molecule has 2 fully saturated rings. The van der Waals surface area contributed by atoms with Gasteiger partial charge in [-0.3, -0.25) is 4.79 Å². The number of β-amino-alcohol motifs (C(OH)–C–C–N with tert-alkyl or cyclic N) is 1. The minimum absolute atomic E-state index is 0.0152. The third-order valence-corrected chi connectivity index (χ3v) is 6.95. The Bertz CT molecular complexity index is 680. The third kappa shape index (κ3) is 14.1. The largest absolute Gasteiger partial charge is 0.392 e. The highest BCUT2D eigenvalue weighted by Crippen LogP contribution is 2.34. The number of amides is 1. The Morgan fingerprint density at radius 3 is 2.46 bits per heavy atom. The van der Waals surface area contributed by atoms with E-state index in [-0.39, 0.29) is 17.4 Å². The molecule has 1 saturated heterocycles. The summed E-state index contributed by atoms with van der Waals surface area (Å²) in [7, 11) is 1.54. The van der Waals surface area contributed by atoms with Crippen molar-refractivity contribution in [3.8, 4) is 12.8 Å². The first kappa shape index (κ1) is 33.7. The molecule has 3 unspecified atom stereocenters.